The Kier molecular flexibility index (Phi) is 11.5. The van der Waals surface area contributed by atoms with Crippen LogP contribution in [0.25, 0.3) is 88.3 Å². The highest BCUT2D eigenvalue weighted by atomic mass is 15.2. The van der Waals surface area contributed by atoms with Crippen LogP contribution in [0, 0.1) is 0 Å². The predicted octanol–water partition coefficient (Wildman–Crippen LogP) is 21.9. The molecule has 83 heavy (non-hydrogen) atoms. The fourth-order valence-electron chi connectivity index (χ4n) is 13.8. The summed E-state index contributed by atoms with van der Waals surface area (Å²) in [5, 5.41) is 4.77. The maximum absolute atomic E-state index is 2.57. The third kappa shape index (κ3) is 7.79. The van der Waals surface area contributed by atoms with Crippen LogP contribution in [0.5, 0.6) is 0 Å². The van der Waals surface area contributed by atoms with Crippen LogP contribution < -0.4 is 9.80 Å². The zero-order valence-corrected chi connectivity index (χ0v) is 45.6. The standard InChI is InChI=1S/C81H54N2/c1-7-25-55(26-8-1)60-44-47-66(57-29-11-3-12-30-57)77(52-60)82(63-33-15-5-16-34-63)65-46-43-59-50-72-75(51-62(59)49-65)81(73-41-23-21-37-68(73)69-38-22-24-42-74(69)81)76-54-79(70-39-19-20-40-71(70)80(72)76)83(64-35-17-6-18-36-64)78-53-61(56-27-9-2-10-28-56)45-48-67(78)58-31-13-4-14-32-58/h1-54H. The van der Waals surface area contributed by atoms with Crippen LogP contribution in [-0.4, -0.2) is 0 Å². The van der Waals surface area contributed by atoms with Gasteiger partial charge in [-0.25, -0.2) is 0 Å². The highest BCUT2D eigenvalue weighted by Gasteiger charge is 2.52. The van der Waals surface area contributed by atoms with Crippen LogP contribution in [-0.2, 0) is 5.41 Å². The third-order valence-corrected chi connectivity index (χ3v) is 17.4. The number of hydrogen-bond acceptors (Lipinski definition) is 2. The molecule has 16 rings (SSSR count). The molecule has 0 atom stereocenters. The van der Waals surface area contributed by atoms with Crippen molar-refractivity contribution in [1.82, 2.24) is 0 Å². The van der Waals surface area contributed by atoms with Gasteiger partial charge in [0.25, 0.3) is 0 Å². The van der Waals surface area contributed by atoms with E-state index in [1.165, 1.54) is 77.2 Å². The molecule has 0 bridgehead atoms. The van der Waals surface area contributed by atoms with E-state index in [2.05, 4.69) is 337 Å². The van der Waals surface area contributed by atoms with Crippen molar-refractivity contribution >= 4 is 55.7 Å². The summed E-state index contributed by atoms with van der Waals surface area (Å²) in [5.41, 5.74) is 25.5. The summed E-state index contributed by atoms with van der Waals surface area (Å²) in [4.78, 5) is 5.00. The van der Waals surface area contributed by atoms with Crippen molar-refractivity contribution < 1.29 is 0 Å². The second-order valence-corrected chi connectivity index (χ2v) is 21.9. The second kappa shape index (κ2) is 19.8. The molecule has 2 aliphatic carbocycles. The largest absolute Gasteiger partial charge is 0.310 e. The molecular weight excluding hydrogens is 1000 g/mol. The van der Waals surface area contributed by atoms with Crippen molar-refractivity contribution in [1.29, 1.82) is 0 Å². The van der Waals surface area contributed by atoms with Crippen LogP contribution >= 0.6 is 0 Å². The summed E-state index contributed by atoms with van der Waals surface area (Å²) in [5.74, 6) is 0. The van der Waals surface area contributed by atoms with Gasteiger partial charge in [0.05, 0.1) is 22.5 Å². The first-order chi connectivity index (χ1) is 41.2. The van der Waals surface area contributed by atoms with E-state index < -0.39 is 5.41 Å². The van der Waals surface area contributed by atoms with Crippen LogP contribution in [0.2, 0.25) is 0 Å². The number of anilines is 6. The van der Waals surface area contributed by atoms with E-state index in [1.807, 2.05) is 0 Å². The smallest absolute Gasteiger partial charge is 0.0726 e. The van der Waals surface area contributed by atoms with Crippen molar-refractivity contribution in [3.8, 4) is 66.8 Å². The van der Waals surface area contributed by atoms with Gasteiger partial charge in [0, 0.05) is 33.6 Å². The summed E-state index contributed by atoms with van der Waals surface area (Å²) in [6, 6.07) is 121. The fraction of sp³-hybridized carbons (Fsp3) is 0.0123. The third-order valence-electron chi connectivity index (χ3n) is 17.4. The Balaban J connectivity index is 0.973. The molecule has 0 fully saturated rings. The zero-order valence-electron chi connectivity index (χ0n) is 45.6. The molecule has 2 aliphatic rings. The average Bonchev–Trinajstić information content (AvgIpc) is 1.56. The van der Waals surface area contributed by atoms with Gasteiger partial charge in [-0.05, 0) is 161 Å². The van der Waals surface area contributed by atoms with E-state index >= 15 is 0 Å². The molecule has 0 aliphatic heterocycles. The molecule has 1 spiro atoms. The Morgan fingerprint density at radius 2 is 0.651 bits per heavy atom. The molecule has 0 aromatic heterocycles. The molecule has 0 saturated carbocycles. The summed E-state index contributed by atoms with van der Waals surface area (Å²) < 4.78 is 0. The molecule has 0 saturated heterocycles. The van der Waals surface area contributed by atoms with Crippen LogP contribution in [0.3, 0.4) is 0 Å². The van der Waals surface area contributed by atoms with E-state index in [4.69, 9.17) is 0 Å². The first-order valence-corrected chi connectivity index (χ1v) is 28.7. The average molecular weight is 1060 g/mol. The summed E-state index contributed by atoms with van der Waals surface area (Å²) in [7, 11) is 0. The molecule has 0 radical (unpaired) electrons. The van der Waals surface area contributed by atoms with E-state index in [9.17, 15) is 0 Å². The molecule has 14 aromatic carbocycles. The van der Waals surface area contributed by atoms with Gasteiger partial charge >= 0.3 is 0 Å². The molecule has 14 aromatic rings. The van der Waals surface area contributed by atoms with Gasteiger partial charge in [-0.3, -0.25) is 0 Å². The first kappa shape index (κ1) is 48.1. The lowest BCUT2D eigenvalue weighted by molar-refractivity contribution is 0.795. The Morgan fingerprint density at radius 3 is 1.19 bits per heavy atom. The Morgan fingerprint density at radius 1 is 0.205 bits per heavy atom. The van der Waals surface area contributed by atoms with Gasteiger partial charge in [-0.1, -0.05) is 261 Å². The number of para-hydroxylation sites is 2. The molecule has 0 amide bonds. The Hall–Kier alpha value is -10.8. The van der Waals surface area contributed by atoms with Crippen molar-refractivity contribution in [2.75, 3.05) is 9.80 Å². The van der Waals surface area contributed by atoms with Crippen molar-refractivity contribution in [3.63, 3.8) is 0 Å². The number of nitrogens with zero attached hydrogens (tertiary/aromatic N) is 2. The number of hydrogen-bond donors (Lipinski definition) is 0. The highest BCUT2D eigenvalue weighted by molar-refractivity contribution is 6.14. The van der Waals surface area contributed by atoms with Crippen molar-refractivity contribution in [2.45, 2.75) is 5.41 Å². The van der Waals surface area contributed by atoms with E-state index in [1.54, 1.807) is 0 Å². The van der Waals surface area contributed by atoms with Gasteiger partial charge in [0.1, 0.15) is 0 Å². The second-order valence-electron chi connectivity index (χ2n) is 21.9. The van der Waals surface area contributed by atoms with E-state index in [-0.39, 0.29) is 0 Å². The molecule has 0 unspecified atom stereocenters. The SMILES string of the molecule is c1ccc(-c2ccc(-c3ccccc3)c(N(c3ccccc3)c3ccc4cc5c(cc4c3)C3(c4ccccc4-c4ccccc43)c3cc(N(c4ccccc4)c4cc(-c6ccccc6)ccc4-c4ccccc4)c4ccccc4c3-5)c2)cc1. The van der Waals surface area contributed by atoms with Crippen LogP contribution in [0.1, 0.15) is 22.3 Å². The van der Waals surface area contributed by atoms with Gasteiger partial charge in [-0.2, -0.15) is 0 Å². The number of rotatable bonds is 10. The van der Waals surface area contributed by atoms with Crippen molar-refractivity contribution in [3.05, 3.63) is 350 Å². The minimum atomic E-state index is -0.666. The van der Waals surface area contributed by atoms with Crippen LogP contribution in [0.15, 0.2) is 328 Å². The lowest BCUT2D eigenvalue weighted by atomic mass is 9.70. The van der Waals surface area contributed by atoms with Gasteiger partial charge < -0.3 is 9.80 Å². The Bertz CT molecular complexity index is 4720. The topological polar surface area (TPSA) is 6.48 Å². The number of benzene rings is 14. The summed E-state index contributed by atoms with van der Waals surface area (Å²) >= 11 is 0. The minimum Gasteiger partial charge on any atom is -0.310 e. The molecular formula is C81H54N2. The minimum absolute atomic E-state index is 0.666. The van der Waals surface area contributed by atoms with Gasteiger partial charge in [0.15, 0.2) is 0 Å². The number of fused-ring (bicyclic) bond motifs is 13. The maximum atomic E-state index is 2.57. The monoisotopic (exact) mass is 1050 g/mol. The maximum Gasteiger partial charge on any atom is 0.0726 e. The summed E-state index contributed by atoms with van der Waals surface area (Å²) in [6.07, 6.45) is 0. The van der Waals surface area contributed by atoms with Gasteiger partial charge in [0.2, 0.25) is 0 Å². The molecule has 0 N–H and O–H groups in total. The molecule has 2 heteroatoms. The van der Waals surface area contributed by atoms with E-state index in [0.717, 1.165) is 67.5 Å². The molecule has 2 nitrogen and oxygen atoms in total. The van der Waals surface area contributed by atoms with Crippen molar-refractivity contribution in [2.24, 2.45) is 0 Å². The normalized spacial score (nSPS) is 12.4. The van der Waals surface area contributed by atoms with Gasteiger partial charge in [-0.15, -0.1) is 0 Å². The molecule has 388 valence electrons. The lowest BCUT2D eigenvalue weighted by Crippen LogP contribution is -2.26. The lowest BCUT2D eigenvalue weighted by Gasteiger charge is -2.34. The fourth-order valence-corrected chi connectivity index (χ4v) is 13.8. The predicted molar refractivity (Wildman–Crippen MR) is 349 cm³/mol. The quantitative estimate of drug-likeness (QED) is 0.135. The molecule has 0 heterocycles. The zero-order chi connectivity index (χ0) is 54.8. The first-order valence-electron chi connectivity index (χ1n) is 28.7. The summed E-state index contributed by atoms with van der Waals surface area (Å²) in [6.45, 7) is 0. The Labute approximate surface area is 484 Å². The highest BCUT2D eigenvalue weighted by Crippen LogP contribution is 2.65. The van der Waals surface area contributed by atoms with E-state index in [0.29, 0.717) is 0 Å². The van der Waals surface area contributed by atoms with Crippen LogP contribution in [0.4, 0.5) is 34.1 Å².